The molecule has 0 spiro atoms. The number of nitrogens with zero attached hydrogens (tertiary/aromatic N) is 2. The maximum absolute atomic E-state index is 11.7. The Balaban J connectivity index is 2.39. The van der Waals surface area contributed by atoms with Gasteiger partial charge in [0.05, 0.1) is 6.33 Å². The van der Waals surface area contributed by atoms with E-state index in [-0.39, 0.29) is 23.3 Å². The first-order valence-corrected chi connectivity index (χ1v) is 4.97. The second-order valence-electron chi connectivity index (χ2n) is 3.78. The number of carbonyl (C=O) groups is 1. The van der Waals surface area contributed by atoms with E-state index in [0.29, 0.717) is 19.5 Å². The lowest BCUT2D eigenvalue weighted by Crippen LogP contribution is -2.32. The van der Waals surface area contributed by atoms with Crippen LogP contribution in [0.2, 0.25) is 0 Å². The van der Waals surface area contributed by atoms with Gasteiger partial charge in [-0.05, 0) is 12.5 Å². The van der Waals surface area contributed by atoms with Crippen molar-refractivity contribution in [2.45, 2.75) is 6.42 Å². The number of amides is 1. The Hall–Kier alpha value is -1.89. The van der Waals surface area contributed by atoms with Crippen LogP contribution in [-0.2, 0) is 4.79 Å². The number of aromatic amines is 1. The van der Waals surface area contributed by atoms with Gasteiger partial charge in [-0.15, -0.1) is 0 Å². The third-order valence-electron chi connectivity index (χ3n) is 2.67. The lowest BCUT2D eigenvalue weighted by Gasteiger charge is -2.16. The van der Waals surface area contributed by atoms with Crippen molar-refractivity contribution < 1.29 is 4.79 Å². The summed E-state index contributed by atoms with van der Waals surface area (Å²) in [5.41, 5.74) is 10.8. The highest BCUT2D eigenvalue weighted by molar-refractivity contribution is 5.97. The normalized spacial score (nSPS) is 20.4. The van der Waals surface area contributed by atoms with E-state index < -0.39 is 5.56 Å². The molecule has 0 radical (unpaired) electrons. The molecule has 16 heavy (non-hydrogen) atoms. The molecule has 1 aromatic heterocycles. The van der Waals surface area contributed by atoms with E-state index in [0.717, 1.165) is 0 Å². The minimum Gasteiger partial charge on any atom is -0.382 e. The number of carbonyl (C=O) groups excluding carboxylic acids is 1. The van der Waals surface area contributed by atoms with Gasteiger partial charge in [-0.25, -0.2) is 4.98 Å². The molecule has 2 rings (SSSR count). The fourth-order valence-electron chi connectivity index (χ4n) is 1.82. The highest BCUT2D eigenvalue weighted by atomic mass is 16.2. The van der Waals surface area contributed by atoms with E-state index in [4.69, 9.17) is 11.5 Å². The monoisotopic (exact) mass is 223 g/mol. The number of hydrogen-bond acceptors (Lipinski definition) is 5. The Morgan fingerprint density at radius 2 is 2.31 bits per heavy atom. The average Bonchev–Trinajstić information content (AvgIpc) is 2.60. The largest absolute Gasteiger partial charge is 0.382 e. The summed E-state index contributed by atoms with van der Waals surface area (Å²) < 4.78 is 0. The predicted molar refractivity (Wildman–Crippen MR) is 58.8 cm³/mol. The molecule has 1 aromatic rings. The van der Waals surface area contributed by atoms with Gasteiger partial charge in [-0.2, -0.15) is 0 Å². The minimum atomic E-state index is -0.404. The molecule has 0 saturated carbocycles. The number of hydrogen-bond donors (Lipinski definition) is 3. The molecule has 2 heterocycles. The number of anilines is 2. The first-order valence-electron chi connectivity index (χ1n) is 4.97. The summed E-state index contributed by atoms with van der Waals surface area (Å²) in [6.45, 7) is 0.842. The van der Waals surface area contributed by atoms with E-state index in [1.54, 1.807) is 0 Å². The minimum absolute atomic E-state index is 0.0646. The molecule has 7 nitrogen and oxygen atoms in total. The molecule has 0 bridgehead atoms. The summed E-state index contributed by atoms with van der Waals surface area (Å²) in [6, 6.07) is 0. The third kappa shape index (κ3) is 1.65. The van der Waals surface area contributed by atoms with Crippen LogP contribution in [-0.4, -0.2) is 29.0 Å². The molecule has 0 aromatic carbocycles. The topological polar surface area (TPSA) is 118 Å². The van der Waals surface area contributed by atoms with Gasteiger partial charge < -0.3 is 21.4 Å². The van der Waals surface area contributed by atoms with Crippen LogP contribution >= 0.6 is 0 Å². The maximum Gasteiger partial charge on any atom is 0.276 e. The zero-order valence-corrected chi connectivity index (χ0v) is 8.64. The molecule has 0 aliphatic carbocycles. The molecule has 1 atom stereocenters. The number of nitrogen functional groups attached to an aromatic ring is 1. The summed E-state index contributed by atoms with van der Waals surface area (Å²) in [7, 11) is 0. The summed E-state index contributed by atoms with van der Waals surface area (Å²) in [5.74, 6) is 0.00178. The molecule has 1 unspecified atom stereocenters. The van der Waals surface area contributed by atoms with Crippen molar-refractivity contribution in [2.75, 3.05) is 23.7 Å². The second-order valence-corrected chi connectivity index (χ2v) is 3.78. The van der Waals surface area contributed by atoms with Crippen LogP contribution < -0.4 is 21.9 Å². The fourth-order valence-corrected chi connectivity index (χ4v) is 1.82. The molecule has 1 aliphatic heterocycles. The summed E-state index contributed by atoms with van der Waals surface area (Å²) in [4.78, 5) is 30.8. The van der Waals surface area contributed by atoms with Crippen molar-refractivity contribution in [1.29, 1.82) is 0 Å². The summed E-state index contributed by atoms with van der Waals surface area (Å²) in [6.07, 6.45) is 1.56. The zero-order valence-electron chi connectivity index (χ0n) is 8.64. The zero-order chi connectivity index (χ0) is 11.7. The van der Waals surface area contributed by atoms with E-state index in [1.807, 2.05) is 0 Å². The van der Waals surface area contributed by atoms with Crippen LogP contribution in [0.1, 0.15) is 6.42 Å². The highest BCUT2D eigenvalue weighted by Crippen LogP contribution is 2.24. The van der Waals surface area contributed by atoms with Gasteiger partial charge in [-0.1, -0.05) is 0 Å². The number of aromatic nitrogens is 2. The number of rotatable bonds is 2. The van der Waals surface area contributed by atoms with Crippen molar-refractivity contribution >= 4 is 17.4 Å². The van der Waals surface area contributed by atoms with Gasteiger partial charge in [-0.3, -0.25) is 9.59 Å². The van der Waals surface area contributed by atoms with Crippen LogP contribution in [0.4, 0.5) is 11.5 Å². The van der Waals surface area contributed by atoms with Gasteiger partial charge in [0.15, 0.2) is 11.5 Å². The molecule has 1 amide bonds. The maximum atomic E-state index is 11.7. The molecule has 5 N–H and O–H groups in total. The van der Waals surface area contributed by atoms with E-state index in [1.165, 1.54) is 11.2 Å². The van der Waals surface area contributed by atoms with Crippen LogP contribution in [0.5, 0.6) is 0 Å². The SMILES string of the molecule is NCC1CC(=O)N(c2c(N)nc[nH]c2=O)C1. The molecular weight excluding hydrogens is 210 g/mol. The molecule has 7 heteroatoms. The Kier molecular flexibility index (Phi) is 2.61. The first-order chi connectivity index (χ1) is 7.63. The second kappa shape index (κ2) is 3.93. The Morgan fingerprint density at radius 1 is 1.56 bits per heavy atom. The van der Waals surface area contributed by atoms with Crippen LogP contribution in [0.15, 0.2) is 11.1 Å². The number of nitrogens with one attached hydrogen (secondary N) is 1. The van der Waals surface area contributed by atoms with Crippen molar-refractivity contribution in [2.24, 2.45) is 11.7 Å². The Bertz CT molecular complexity index is 469. The number of nitrogens with two attached hydrogens (primary N) is 2. The predicted octanol–water partition coefficient (Wildman–Crippen LogP) is -1.34. The third-order valence-corrected chi connectivity index (χ3v) is 2.67. The van der Waals surface area contributed by atoms with E-state index in [2.05, 4.69) is 9.97 Å². The van der Waals surface area contributed by atoms with Gasteiger partial charge >= 0.3 is 0 Å². The fraction of sp³-hybridized carbons (Fsp3) is 0.444. The van der Waals surface area contributed by atoms with Gasteiger partial charge in [0, 0.05) is 13.0 Å². The van der Waals surface area contributed by atoms with Gasteiger partial charge in [0.1, 0.15) is 0 Å². The van der Waals surface area contributed by atoms with Crippen molar-refractivity contribution in [3.8, 4) is 0 Å². The lowest BCUT2D eigenvalue weighted by molar-refractivity contribution is -0.117. The molecular formula is C9H13N5O2. The average molecular weight is 223 g/mol. The number of H-pyrrole nitrogens is 1. The van der Waals surface area contributed by atoms with Crippen molar-refractivity contribution in [3.05, 3.63) is 16.7 Å². The van der Waals surface area contributed by atoms with Crippen LogP contribution in [0.3, 0.4) is 0 Å². The van der Waals surface area contributed by atoms with Crippen LogP contribution in [0.25, 0.3) is 0 Å². The van der Waals surface area contributed by atoms with Crippen molar-refractivity contribution in [3.63, 3.8) is 0 Å². The molecule has 1 fully saturated rings. The Morgan fingerprint density at radius 3 is 2.88 bits per heavy atom. The lowest BCUT2D eigenvalue weighted by atomic mass is 10.1. The summed E-state index contributed by atoms with van der Waals surface area (Å²) in [5, 5.41) is 0. The first kappa shape index (κ1) is 10.6. The van der Waals surface area contributed by atoms with Crippen LogP contribution in [0, 0.1) is 5.92 Å². The molecule has 1 saturated heterocycles. The smallest absolute Gasteiger partial charge is 0.276 e. The quantitative estimate of drug-likeness (QED) is 0.573. The molecule has 86 valence electrons. The highest BCUT2D eigenvalue weighted by Gasteiger charge is 2.32. The van der Waals surface area contributed by atoms with E-state index >= 15 is 0 Å². The summed E-state index contributed by atoms with van der Waals surface area (Å²) >= 11 is 0. The molecule has 1 aliphatic rings. The standard InChI is InChI=1S/C9H13N5O2/c10-2-5-1-6(15)14(3-5)7-8(11)12-4-13-9(7)16/h4-5H,1-3,10H2,(H3,11,12,13,16). The van der Waals surface area contributed by atoms with E-state index in [9.17, 15) is 9.59 Å². The van der Waals surface area contributed by atoms with Crippen molar-refractivity contribution in [1.82, 2.24) is 9.97 Å². The Labute approximate surface area is 91.5 Å². The van der Waals surface area contributed by atoms with Gasteiger partial charge in [0.2, 0.25) is 5.91 Å². The van der Waals surface area contributed by atoms with Gasteiger partial charge in [0.25, 0.3) is 5.56 Å².